The number of hydrogen-bond acceptors (Lipinski definition) is 13. The number of nitrogens with zero attached hydrogens (tertiary/aromatic N) is 3. The molecule has 21 heteroatoms. The monoisotopic (exact) mass is 1350 g/mol. The zero-order valence-electron chi connectivity index (χ0n) is 53.0. The maximum absolute atomic E-state index is 12.9. The molecule has 0 saturated heterocycles. The number of thiophene rings is 5. The van der Waals surface area contributed by atoms with Crippen molar-refractivity contribution < 1.29 is 19.2 Å². The smallest absolute Gasteiger partial charge is 0.233 e. The van der Waals surface area contributed by atoms with Crippen molar-refractivity contribution in [1.82, 2.24) is 4.90 Å². The van der Waals surface area contributed by atoms with E-state index in [1.54, 1.807) is 56.7 Å². The number of carbonyl (C=O) groups excluding carboxylic acids is 4. The maximum Gasteiger partial charge on any atom is 0.233 e. The molecule has 6 aromatic carbocycles. The Kier molecular flexibility index (Phi) is 25.8. The lowest BCUT2D eigenvalue weighted by Gasteiger charge is -2.28. The van der Waals surface area contributed by atoms with Gasteiger partial charge in [-0.2, -0.15) is 11.3 Å². The third kappa shape index (κ3) is 20.6. The average Bonchev–Trinajstić information content (AvgIpc) is 1.85. The summed E-state index contributed by atoms with van der Waals surface area (Å²) in [6.07, 6.45) is 7.46. The van der Waals surface area contributed by atoms with Crippen LogP contribution in [0.25, 0.3) is 40.3 Å². The first-order valence-corrected chi connectivity index (χ1v) is 35.8. The van der Waals surface area contributed by atoms with Crippen molar-refractivity contribution in [2.45, 2.75) is 76.2 Å². The quantitative estimate of drug-likeness (QED) is 0.0242. The van der Waals surface area contributed by atoms with E-state index in [0.29, 0.717) is 44.8 Å². The van der Waals surface area contributed by atoms with Gasteiger partial charge in [0.25, 0.3) is 0 Å². The summed E-state index contributed by atoms with van der Waals surface area (Å²) in [7, 11) is 3.98. The van der Waals surface area contributed by atoms with Crippen molar-refractivity contribution >= 4 is 155 Å². The fourth-order valence-electron chi connectivity index (χ4n) is 11.3. The third-order valence-electron chi connectivity index (χ3n) is 16.2. The second kappa shape index (κ2) is 34.9. The van der Waals surface area contributed by atoms with Crippen LogP contribution in [0.5, 0.6) is 0 Å². The normalized spacial score (nSPS) is 13.4. The minimum atomic E-state index is -0.279. The fraction of sp³-hybridized carbons (Fsp3) is 0.260. The van der Waals surface area contributed by atoms with Crippen LogP contribution in [-0.4, -0.2) is 74.2 Å². The highest BCUT2D eigenvalue weighted by atomic mass is 32.1. The summed E-state index contributed by atoms with van der Waals surface area (Å²) in [5.41, 5.74) is 35.2. The van der Waals surface area contributed by atoms with E-state index in [0.717, 1.165) is 61.7 Å². The van der Waals surface area contributed by atoms with Gasteiger partial charge in [0.05, 0.1) is 23.8 Å². The van der Waals surface area contributed by atoms with Crippen molar-refractivity contribution in [3.63, 3.8) is 0 Å². The van der Waals surface area contributed by atoms with E-state index in [2.05, 4.69) is 91.4 Å². The summed E-state index contributed by atoms with van der Waals surface area (Å²) in [5, 5.41) is 29.1. The number of rotatable bonds is 21. The Bertz CT molecular complexity index is 4280. The summed E-state index contributed by atoms with van der Waals surface area (Å²) in [6, 6.07) is 52.0. The highest BCUT2D eigenvalue weighted by Crippen LogP contribution is 2.33. The summed E-state index contributed by atoms with van der Waals surface area (Å²) in [5.74, 6) is 0.0121. The molecule has 94 heavy (non-hydrogen) atoms. The molecule has 11 aromatic rings. The van der Waals surface area contributed by atoms with Gasteiger partial charge in [0.1, 0.15) is 0 Å². The Balaban J connectivity index is 0.000000148. The van der Waals surface area contributed by atoms with E-state index < -0.39 is 0 Å². The van der Waals surface area contributed by atoms with Gasteiger partial charge in [0, 0.05) is 67.6 Å². The molecule has 1 aliphatic carbocycles. The molecule has 0 aliphatic heterocycles. The lowest BCUT2D eigenvalue weighted by molar-refractivity contribution is -0.121. The number of amides is 4. The molecule has 1 saturated carbocycles. The number of guanidine groups is 2. The van der Waals surface area contributed by atoms with Crippen LogP contribution in [0, 0.1) is 18.8 Å². The van der Waals surface area contributed by atoms with Gasteiger partial charge in [-0.15, -0.1) is 45.3 Å². The predicted octanol–water partition coefficient (Wildman–Crippen LogP) is 15.5. The molecule has 488 valence electrons. The molecule has 4 amide bonds. The van der Waals surface area contributed by atoms with Crippen molar-refractivity contribution in [3.05, 3.63) is 212 Å². The van der Waals surface area contributed by atoms with Crippen LogP contribution in [0.15, 0.2) is 200 Å². The number of nitrogens with two attached hydrogens (primary N) is 5. The van der Waals surface area contributed by atoms with Crippen molar-refractivity contribution in [2.75, 3.05) is 55.0 Å². The van der Waals surface area contributed by atoms with E-state index in [-0.39, 0.29) is 59.3 Å². The molecule has 0 radical (unpaired) electrons. The lowest BCUT2D eigenvalue weighted by atomic mass is 9.79. The molecular weight excluding hydrogens is 1270 g/mol. The Hall–Kier alpha value is -8.80. The van der Waals surface area contributed by atoms with Gasteiger partial charge in [-0.3, -0.25) is 24.2 Å². The number of hydrogen-bond donors (Lipinski definition) is 9. The molecule has 16 nitrogen and oxygen atoms in total. The summed E-state index contributed by atoms with van der Waals surface area (Å²) in [4.78, 5) is 60.7. The standard InChI is InChI=1S/C20H22N2OS.C19H20N4OS.C17H18N4OS2.C17H22N2OS/c1-14-4-6-15(7-5-14)18(13-22(2)3)20(23)21-17-9-8-16-10-11-24-19(16)12-17;20-19(21)23-16(13-4-2-1-3-5-13)8-9-18(24)22-15-7-6-14-10-11-25-17(14)12-15;18-17(19)20-6-3-14(12-4-7-23-10-12)16(22)21-13-2-1-11-5-8-24-15(11)9-13;18-11-15(12-4-2-1-3-5-12)17(20)19-14-7-6-13-8-9-21-16(13)10-14/h4-12,18H,13H2,1-3H3,(H,21,23);1-7,10-12,16H,8-9H2,(H,22,24)(H4,20,21,23);1-2,4-5,7-10,14H,3,6H2,(H,21,22)(H4,18,19,20);6-10,12,15H,1-5,11,18H2,(H,19,20). The Morgan fingerprint density at radius 1 is 0.521 bits per heavy atom. The van der Waals surface area contributed by atoms with Gasteiger partial charge in [0.2, 0.25) is 23.6 Å². The molecule has 0 bridgehead atoms. The molecular formula is C73H82N12O4S5. The van der Waals surface area contributed by atoms with Crippen LogP contribution in [0.4, 0.5) is 22.7 Å². The summed E-state index contributed by atoms with van der Waals surface area (Å²) >= 11 is 8.26. The van der Waals surface area contributed by atoms with Crippen LogP contribution in [-0.2, 0) is 19.2 Å². The van der Waals surface area contributed by atoms with E-state index in [4.69, 9.17) is 28.7 Å². The SMILES string of the molecule is Cc1ccc(C(CN(C)C)C(=O)Nc2ccc3ccsc3c2)cc1.NC(N)=NC(CCC(=O)Nc1ccc2ccsc2c1)c1ccccc1.NC(N)=NCCC(C(=O)Nc1ccc2ccsc2c1)c1ccsc1.NCC(C(=O)Nc1ccc2ccsc2c1)C1CCCCC1. The van der Waals surface area contributed by atoms with Crippen LogP contribution in [0.3, 0.4) is 0 Å². The van der Waals surface area contributed by atoms with Gasteiger partial charge in [0.15, 0.2) is 11.9 Å². The molecule has 0 spiro atoms. The topological polar surface area (TPSA) is 274 Å². The highest BCUT2D eigenvalue weighted by Gasteiger charge is 2.29. The van der Waals surface area contributed by atoms with Crippen molar-refractivity contribution in [2.24, 2.45) is 50.5 Å². The second-order valence-electron chi connectivity index (χ2n) is 23.4. The Morgan fingerprint density at radius 2 is 1.01 bits per heavy atom. The molecule has 1 aliphatic rings. The largest absolute Gasteiger partial charge is 0.370 e. The van der Waals surface area contributed by atoms with Crippen molar-refractivity contribution in [1.29, 1.82) is 0 Å². The maximum atomic E-state index is 12.9. The number of carbonyl (C=O) groups is 4. The summed E-state index contributed by atoms with van der Waals surface area (Å²) < 4.78 is 4.70. The highest BCUT2D eigenvalue weighted by molar-refractivity contribution is 7.18. The summed E-state index contributed by atoms with van der Waals surface area (Å²) in [6.45, 7) is 3.59. The van der Waals surface area contributed by atoms with E-state index in [1.165, 1.54) is 55.8 Å². The number of nitrogens with one attached hydrogen (secondary N) is 4. The van der Waals surface area contributed by atoms with Crippen LogP contribution >= 0.6 is 56.7 Å². The van der Waals surface area contributed by atoms with E-state index >= 15 is 0 Å². The van der Waals surface area contributed by atoms with Crippen LogP contribution in [0.1, 0.15) is 91.5 Å². The first-order chi connectivity index (χ1) is 45.5. The Morgan fingerprint density at radius 3 is 1.47 bits per heavy atom. The minimum Gasteiger partial charge on any atom is -0.370 e. The van der Waals surface area contributed by atoms with E-state index in [1.807, 2.05) is 156 Å². The predicted molar refractivity (Wildman–Crippen MR) is 400 cm³/mol. The fourth-order valence-corrected chi connectivity index (χ4v) is 15.3. The van der Waals surface area contributed by atoms with Crippen LogP contribution in [0.2, 0.25) is 0 Å². The number of anilines is 4. The van der Waals surface area contributed by atoms with Gasteiger partial charge in [-0.1, -0.05) is 104 Å². The first-order valence-electron chi connectivity index (χ1n) is 31.3. The number of aliphatic imine (C=N–C) groups is 2. The number of benzene rings is 6. The zero-order chi connectivity index (χ0) is 66.3. The van der Waals surface area contributed by atoms with Gasteiger partial charge in [-0.25, -0.2) is 4.99 Å². The lowest BCUT2D eigenvalue weighted by Crippen LogP contribution is -2.36. The second-order valence-corrected chi connectivity index (χ2v) is 28.0. The zero-order valence-corrected chi connectivity index (χ0v) is 57.1. The number of fused-ring (bicyclic) bond motifs is 4. The Labute approximate surface area is 569 Å². The average molecular weight is 1350 g/mol. The van der Waals surface area contributed by atoms with Crippen LogP contribution < -0.4 is 49.9 Å². The van der Waals surface area contributed by atoms with Gasteiger partial charge >= 0.3 is 0 Å². The minimum absolute atomic E-state index is 0.0254. The van der Waals surface area contributed by atoms with E-state index in [9.17, 15) is 19.2 Å². The molecule has 12 rings (SSSR count). The molecule has 4 atom stereocenters. The molecule has 5 heterocycles. The third-order valence-corrected chi connectivity index (χ3v) is 20.4. The molecule has 14 N–H and O–H groups in total. The molecule has 5 aromatic heterocycles. The molecule has 4 unspecified atom stereocenters. The first kappa shape index (κ1) is 69.5. The molecule has 1 fully saturated rings. The van der Waals surface area contributed by atoms with Crippen molar-refractivity contribution in [3.8, 4) is 0 Å². The van der Waals surface area contributed by atoms with Gasteiger partial charge in [-0.05, 0) is 202 Å². The number of likely N-dealkylation sites (N-methyl/N-ethyl adjacent to an activating group) is 1. The van der Waals surface area contributed by atoms with Gasteiger partial charge < -0.3 is 54.8 Å². The number of aryl methyl sites for hydroxylation is 1.